The number of para-hydroxylation sites is 2. The number of anilines is 2. The lowest BCUT2D eigenvalue weighted by Gasteiger charge is -2.03. The van der Waals surface area contributed by atoms with Crippen LogP contribution in [-0.4, -0.2) is 16.3 Å². The number of thiazole rings is 1. The zero-order chi connectivity index (χ0) is 16.5. The molecule has 0 spiro atoms. The van der Waals surface area contributed by atoms with E-state index in [0.717, 1.165) is 27.0 Å². The highest BCUT2D eigenvalue weighted by molar-refractivity contribution is 9.10. The van der Waals surface area contributed by atoms with Crippen LogP contribution in [0.2, 0.25) is 0 Å². The lowest BCUT2D eigenvalue weighted by atomic mass is 10.1. The SMILES string of the molecule is Oc1nc(Nc2ccccc2Br)sc1/C=C1\C=Nc2ccccc21. The predicted molar refractivity (Wildman–Crippen MR) is 104 cm³/mol. The molecule has 1 aliphatic heterocycles. The molecule has 0 amide bonds. The standard InChI is InChI=1S/C18H12BrN3OS/c19-13-6-2-4-8-15(13)21-18-22-17(23)16(24-18)9-11-10-20-14-7-3-1-5-12(11)14/h1-10,23H,(H,21,22)/b11-9+. The molecule has 1 aliphatic rings. The first-order valence-electron chi connectivity index (χ1n) is 7.27. The molecule has 0 saturated heterocycles. The zero-order valence-electron chi connectivity index (χ0n) is 12.4. The van der Waals surface area contributed by atoms with Crippen molar-refractivity contribution in [3.8, 4) is 5.88 Å². The Morgan fingerprint density at radius 3 is 2.75 bits per heavy atom. The summed E-state index contributed by atoms with van der Waals surface area (Å²) in [6, 6.07) is 15.7. The van der Waals surface area contributed by atoms with Crippen molar-refractivity contribution in [2.45, 2.75) is 0 Å². The van der Waals surface area contributed by atoms with E-state index in [9.17, 15) is 5.11 Å². The Morgan fingerprint density at radius 1 is 1.08 bits per heavy atom. The van der Waals surface area contributed by atoms with Gasteiger partial charge in [0.25, 0.3) is 0 Å². The predicted octanol–water partition coefficient (Wildman–Crippen LogP) is 5.61. The molecule has 4 nitrogen and oxygen atoms in total. The minimum atomic E-state index is 0.0137. The number of aromatic nitrogens is 1. The molecule has 6 heteroatoms. The summed E-state index contributed by atoms with van der Waals surface area (Å²) in [4.78, 5) is 9.28. The van der Waals surface area contributed by atoms with Crippen molar-refractivity contribution in [2.75, 3.05) is 5.32 Å². The van der Waals surface area contributed by atoms with Gasteiger partial charge in [0.05, 0.1) is 16.3 Å². The Morgan fingerprint density at radius 2 is 1.88 bits per heavy atom. The number of fused-ring (bicyclic) bond motifs is 1. The van der Waals surface area contributed by atoms with E-state index in [1.54, 1.807) is 0 Å². The maximum atomic E-state index is 10.1. The molecular formula is C18H12BrN3OS. The van der Waals surface area contributed by atoms with Gasteiger partial charge in [0.1, 0.15) is 0 Å². The molecule has 0 atom stereocenters. The molecule has 0 fully saturated rings. The van der Waals surface area contributed by atoms with Crippen molar-refractivity contribution < 1.29 is 5.11 Å². The third-order valence-electron chi connectivity index (χ3n) is 3.59. The average Bonchev–Trinajstić information content (AvgIpc) is 3.14. The molecule has 2 heterocycles. The lowest BCUT2D eigenvalue weighted by Crippen LogP contribution is -1.89. The van der Waals surface area contributed by atoms with Gasteiger partial charge in [-0.3, -0.25) is 4.99 Å². The number of nitrogens with one attached hydrogen (secondary N) is 1. The molecular weight excluding hydrogens is 386 g/mol. The smallest absolute Gasteiger partial charge is 0.231 e. The van der Waals surface area contributed by atoms with E-state index >= 15 is 0 Å². The molecule has 4 rings (SSSR count). The van der Waals surface area contributed by atoms with Gasteiger partial charge in [0, 0.05) is 21.8 Å². The van der Waals surface area contributed by atoms with E-state index in [1.165, 1.54) is 11.3 Å². The minimum absolute atomic E-state index is 0.0137. The van der Waals surface area contributed by atoms with Crippen molar-refractivity contribution in [1.82, 2.24) is 4.98 Å². The fourth-order valence-electron chi connectivity index (χ4n) is 2.44. The summed E-state index contributed by atoms with van der Waals surface area (Å²) in [6.45, 7) is 0. The molecule has 0 aliphatic carbocycles. The largest absolute Gasteiger partial charge is 0.492 e. The highest BCUT2D eigenvalue weighted by Gasteiger charge is 2.14. The molecule has 0 radical (unpaired) electrons. The third kappa shape index (κ3) is 2.86. The summed E-state index contributed by atoms with van der Waals surface area (Å²) in [5, 5.41) is 14.0. The van der Waals surface area contributed by atoms with Crippen molar-refractivity contribution in [3.05, 3.63) is 63.4 Å². The van der Waals surface area contributed by atoms with Gasteiger partial charge < -0.3 is 10.4 Å². The first-order chi connectivity index (χ1) is 11.7. The van der Waals surface area contributed by atoms with Gasteiger partial charge in [-0.25, -0.2) is 0 Å². The second kappa shape index (κ2) is 6.22. The molecule has 0 bridgehead atoms. The average molecular weight is 398 g/mol. The van der Waals surface area contributed by atoms with Gasteiger partial charge in [-0.15, -0.1) is 0 Å². The highest BCUT2D eigenvalue weighted by Crippen LogP contribution is 2.37. The monoisotopic (exact) mass is 397 g/mol. The summed E-state index contributed by atoms with van der Waals surface area (Å²) in [7, 11) is 0. The number of hydrogen-bond acceptors (Lipinski definition) is 5. The molecule has 24 heavy (non-hydrogen) atoms. The normalized spacial score (nSPS) is 14.1. The molecule has 118 valence electrons. The summed E-state index contributed by atoms with van der Waals surface area (Å²) in [5.74, 6) is 0.0137. The van der Waals surface area contributed by atoms with E-state index in [1.807, 2.05) is 60.8 Å². The van der Waals surface area contributed by atoms with Gasteiger partial charge >= 0.3 is 0 Å². The first kappa shape index (κ1) is 15.1. The molecule has 3 aromatic rings. The fourth-order valence-corrected chi connectivity index (χ4v) is 3.65. The second-order valence-corrected chi connectivity index (χ2v) is 7.07. The van der Waals surface area contributed by atoms with E-state index in [0.29, 0.717) is 10.0 Å². The topological polar surface area (TPSA) is 57.5 Å². The van der Waals surface area contributed by atoms with Crippen LogP contribution < -0.4 is 5.32 Å². The molecule has 0 unspecified atom stereocenters. The van der Waals surface area contributed by atoms with Crippen LogP contribution >= 0.6 is 27.3 Å². The quantitative estimate of drug-likeness (QED) is 0.603. The van der Waals surface area contributed by atoms with Gasteiger partial charge in [0.2, 0.25) is 5.88 Å². The Labute approximate surface area is 151 Å². The molecule has 2 N–H and O–H groups in total. The van der Waals surface area contributed by atoms with E-state index < -0.39 is 0 Å². The summed E-state index contributed by atoms with van der Waals surface area (Å²) < 4.78 is 0.941. The van der Waals surface area contributed by atoms with Crippen LogP contribution in [0.1, 0.15) is 10.4 Å². The number of halogens is 1. The number of aliphatic imine (C=N–C) groups is 1. The summed E-state index contributed by atoms with van der Waals surface area (Å²) >= 11 is 4.88. The van der Waals surface area contributed by atoms with Crippen LogP contribution in [0.4, 0.5) is 16.5 Å². The van der Waals surface area contributed by atoms with Crippen LogP contribution in [0, 0.1) is 0 Å². The Kier molecular flexibility index (Phi) is 3.92. The van der Waals surface area contributed by atoms with Crippen molar-refractivity contribution in [1.29, 1.82) is 0 Å². The van der Waals surface area contributed by atoms with Crippen molar-refractivity contribution in [3.63, 3.8) is 0 Å². The van der Waals surface area contributed by atoms with Gasteiger partial charge in [0.15, 0.2) is 5.13 Å². The number of aromatic hydroxyl groups is 1. The van der Waals surface area contributed by atoms with Crippen molar-refractivity contribution in [2.24, 2.45) is 4.99 Å². The number of allylic oxidation sites excluding steroid dienone is 1. The third-order valence-corrected chi connectivity index (χ3v) is 5.19. The van der Waals surface area contributed by atoms with E-state index in [-0.39, 0.29) is 5.88 Å². The van der Waals surface area contributed by atoms with E-state index in [2.05, 4.69) is 31.2 Å². The van der Waals surface area contributed by atoms with Crippen LogP contribution in [0.15, 0.2) is 58.0 Å². The minimum Gasteiger partial charge on any atom is -0.492 e. The molecule has 0 saturated carbocycles. The second-order valence-electron chi connectivity index (χ2n) is 5.19. The van der Waals surface area contributed by atoms with Gasteiger partial charge in [-0.2, -0.15) is 4.98 Å². The fraction of sp³-hybridized carbons (Fsp3) is 0. The Hall–Kier alpha value is -2.44. The number of rotatable bonds is 3. The number of benzene rings is 2. The maximum Gasteiger partial charge on any atom is 0.231 e. The zero-order valence-corrected chi connectivity index (χ0v) is 14.8. The highest BCUT2D eigenvalue weighted by atomic mass is 79.9. The number of nitrogens with zero attached hydrogens (tertiary/aromatic N) is 2. The first-order valence-corrected chi connectivity index (χ1v) is 8.88. The van der Waals surface area contributed by atoms with Crippen LogP contribution in [0.5, 0.6) is 5.88 Å². The van der Waals surface area contributed by atoms with Gasteiger partial charge in [-0.1, -0.05) is 41.7 Å². The van der Waals surface area contributed by atoms with Crippen molar-refractivity contribution >= 4 is 61.6 Å². The number of hydrogen-bond donors (Lipinski definition) is 2. The molecule has 1 aromatic heterocycles. The van der Waals surface area contributed by atoms with E-state index in [4.69, 9.17) is 0 Å². The Bertz CT molecular complexity index is 978. The molecule has 2 aromatic carbocycles. The van der Waals surface area contributed by atoms with Crippen LogP contribution in [0.3, 0.4) is 0 Å². The Balaban J connectivity index is 1.65. The summed E-state index contributed by atoms with van der Waals surface area (Å²) in [6.07, 6.45) is 3.72. The maximum absolute atomic E-state index is 10.1. The van der Waals surface area contributed by atoms with Crippen LogP contribution in [0.25, 0.3) is 11.6 Å². The van der Waals surface area contributed by atoms with Gasteiger partial charge in [-0.05, 0) is 40.2 Å². The lowest BCUT2D eigenvalue weighted by molar-refractivity contribution is 0.457. The van der Waals surface area contributed by atoms with Crippen LogP contribution in [-0.2, 0) is 0 Å². The summed E-state index contributed by atoms with van der Waals surface area (Å²) in [5.41, 5.74) is 3.88.